The van der Waals surface area contributed by atoms with E-state index in [1.165, 1.54) is 19.1 Å². The third-order valence-electron chi connectivity index (χ3n) is 4.52. The van der Waals surface area contributed by atoms with Gasteiger partial charge >= 0.3 is 12.1 Å². The van der Waals surface area contributed by atoms with Crippen molar-refractivity contribution in [1.29, 1.82) is 0 Å². The number of hydrogen-bond acceptors (Lipinski definition) is 5. The standard InChI is InChI=1S/C18H32N2O5/c1-12(20(5)17(23)25-18(2,3)4)15(21)19-14(16(22)24-6)13-10-8-7-9-11-13/h12-14H,7-11H2,1-6H3,(H,19,21)/t12-,14?/m0/s1. The maximum absolute atomic E-state index is 12.6. The van der Waals surface area contributed by atoms with Crippen LogP contribution in [-0.2, 0) is 19.1 Å². The Morgan fingerprint density at radius 1 is 1.12 bits per heavy atom. The van der Waals surface area contributed by atoms with Crippen LogP contribution in [0.5, 0.6) is 0 Å². The molecule has 0 aromatic carbocycles. The molecular formula is C18H32N2O5. The molecule has 0 aliphatic heterocycles. The molecule has 7 heteroatoms. The van der Waals surface area contributed by atoms with Crippen LogP contribution < -0.4 is 5.32 Å². The number of carbonyl (C=O) groups is 3. The Bertz CT molecular complexity index is 480. The van der Waals surface area contributed by atoms with Crippen LogP contribution >= 0.6 is 0 Å². The monoisotopic (exact) mass is 356 g/mol. The molecule has 1 N–H and O–H groups in total. The van der Waals surface area contributed by atoms with Crippen molar-refractivity contribution in [3.8, 4) is 0 Å². The van der Waals surface area contributed by atoms with Crippen LogP contribution in [0.2, 0.25) is 0 Å². The smallest absolute Gasteiger partial charge is 0.410 e. The van der Waals surface area contributed by atoms with Crippen molar-refractivity contribution in [1.82, 2.24) is 10.2 Å². The quantitative estimate of drug-likeness (QED) is 0.765. The van der Waals surface area contributed by atoms with Crippen molar-refractivity contribution in [2.24, 2.45) is 5.92 Å². The molecule has 0 aromatic heterocycles. The Morgan fingerprint density at radius 3 is 2.16 bits per heavy atom. The summed E-state index contributed by atoms with van der Waals surface area (Å²) >= 11 is 0. The molecule has 2 amide bonds. The molecule has 1 fully saturated rings. The maximum Gasteiger partial charge on any atom is 0.410 e. The minimum Gasteiger partial charge on any atom is -0.467 e. The van der Waals surface area contributed by atoms with E-state index in [1.54, 1.807) is 27.7 Å². The van der Waals surface area contributed by atoms with Crippen molar-refractivity contribution in [3.05, 3.63) is 0 Å². The van der Waals surface area contributed by atoms with Crippen molar-refractivity contribution >= 4 is 18.0 Å². The normalized spacial score (nSPS) is 18.0. The van der Waals surface area contributed by atoms with Gasteiger partial charge in [0, 0.05) is 7.05 Å². The van der Waals surface area contributed by atoms with Gasteiger partial charge in [0.15, 0.2) is 0 Å². The number of amides is 2. The van der Waals surface area contributed by atoms with Crippen LogP contribution in [0.1, 0.15) is 59.8 Å². The van der Waals surface area contributed by atoms with Crippen molar-refractivity contribution in [2.75, 3.05) is 14.2 Å². The number of esters is 1. The van der Waals surface area contributed by atoms with Crippen LogP contribution in [-0.4, -0.2) is 54.7 Å². The molecule has 0 spiro atoms. The lowest BCUT2D eigenvalue weighted by Crippen LogP contribution is -2.54. The second-order valence-corrected chi connectivity index (χ2v) is 7.67. The fraction of sp³-hybridized carbons (Fsp3) is 0.833. The summed E-state index contributed by atoms with van der Waals surface area (Å²) < 4.78 is 10.1. The van der Waals surface area contributed by atoms with E-state index in [4.69, 9.17) is 9.47 Å². The molecule has 144 valence electrons. The van der Waals surface area contributed by atoms with Crippen molar-refractivity contribution in [3.63, 3.8) is 0 Å². The van der Waals surface area contributed by atoms with Crippen molar-refractivity contribution < 1.29 is 23.9 Å². The number of nitrogens with zero attached hydrogens (tertiary/aromatic N) is 1. The molecule has 2 atom stereocenters. The molecule has 1 aliphatic carbocycles. The molecule has 0 radical (unpaired) electrons. The summed E-state index contributed by atoms with van der Waals surface area (Å²) in [5.41, 5.74) is -0.641. The zero-order valence-electron chi connectivity index (χ0n) is 16.3. The topological polar surface area (TPSA) is 84.9 Å². The average Bonchev–Trinajstić information content (AvgIpc) is 2.56. The number of hydrogen-bond donors (Lipinski definition) is 1. The van der Waals surface area contributed by atoms with E-state index in [1.807, 2.05) is 0 Å². The fourth-order valence-electron chi connectivity index (χ4n) is 2.91. The predicted molar refractivity (Wildman–Crippen MR) is 94.0 cm³/mol. The summed E-state index contributed by atoms with van der Waals surface area (Å²) in [5.74, 6) is -0.758. The molecule has 7 nitrogen and oxygen atoms in total. The zero-order chi connectivity index (χ0) is 19.2. The average molecular weight is 356 g/mol. The number of methoxy groups -OCH3 is 1. The maximum atomic E-state index is 12.6. The molecule has 1 unspecified atom stereocenters. The largest absolute Gasteiger partial charge is 0.467 e. The van der Waals surface area contributed by atoms with Gasteiger partial charge in [0.1, 0.15) is 17.7 Å². The Morgan fingerprint density at radius 2 is 1.68 bits per heavy atom. The zero-order valence-corrected chi connectivity index (χ0v) is 16.3. The Labute approximate surface area is 150 Å². The van der Waals surface area contributed by atoms with Gasteiger partial charge in [-0.25, -0.2) is 9.59 Å². The summed E-state index contributed by atoms with van der Waals surface area (Å²) in [5, 5.41) is 2.77. The molecular weight excluding hydrogens is 324 g/mol. The Balaban J connectivity index is 2.74. The minimum absolute atomic E-state index is 0.0733. The SMILES string of the molecule is COC(=O)C(NC(=O)[C@H](C)N(C)C(=O)OC(C)(C)C)C1CCCCC1. The van der Waals surface area contributed by atoms with E-state index in [0.717, 1.165) is 32.1 Å². The fourth-order valence-corrected chi connectivity index (χ4v) is 2.91. The minimum atomic E-state index is -0.759. The summed E-state index contributed by atoms with van der Waals surface area (Å²) in [6.07, 6.45) is 4.42. The first-order valence-electron chi connectivity index (χ1n) is 8.91. The van der Waals surface area contributed by atoms with E-state index in [0.29, 0.717) is 0 Å². The molecule has 0 saturated heterocycles. The molecule has 0 heterocycles. The molecule has 0 aromatic rings. The van der Waals surface area contributed by atoms with E-state index in [9.17, 15) is 14.4 Å². The van der Waals surface area contributed by atoms with Gasteiger partial charge in [-0.2, -0.15) is 0 Å². The second kappa shape index (κ2) is 9.06. The molecule has 0 bridgehead atoms. The van der Waals surface area contributed by atoms with Crippen LogP contribution in [0.4, 0.5) is 4.79 Å². The molecule has 1 saturated carbocycles. The van der Waals surface area contributed by atoms with Crippen LogP contribution in [0.3, 0.4) is 0 Å². The third kappa shape index (κ3) is 6.55. The Kier molecular flexibility index (Phi) is 7.70. The highest BCUT2D eigenvalue weighted by Gasteiger charge is 2.34. The molecule has 25 heavy (non-hydrogen) atoms. The summed E-state index contributed by atoms with van der Waals surface area (Å²) in [7, 11) is 2.83. The summed E-state index contributed by atoms with van der Waals surface area (Å²) in [4.78, 5) is 38.0. The van der Waals surface area contributed by atoms with E-state index in [-0.39, 0.29) is 5.92 Å². The highest BCUT2D eigenvalue weighted by atomic mass is 16.6. The van der Waals surface area contributed by atoms with Crippen LogP contribution in [0, 0.1) is 5.92 Å². The van der Waals surface area contributed by atoms with Gasteiger partial charge in [0.05, 0.1) is 7.11 Å². The summed E-state index contributed by atoms with van der Waals surface area (Å²) in [6.45, 7) is 6.90. The number of nitrogens with one attached hydrogen (secondary N) is 1. The summed E-state index contributed by atoms with van der Waals surface area (Å²) in [6, 6.07) is -1.43. The predicted octanol–water partition coefficient (Wildman–Crippen LogP) is 2.48. The second-order valence-electron chi connectivity index (χ2n) is 7.67. The lowest BCUT2D eigenvalue weighted by Gasteiger charge is -2.32. The van der Waals surface area contributed by atoms with Gasteiger partial charge in [-0.3, -0.25) is 9.69 Å². The number of ether oxygens (including phenoxy) is 2. The first kappa shape index (κ1) is 21.3. The first-order valence-corrected chi connectivity index (χ1v) is 8.91. The van der Waals surface area contributed by atoms with Gasteiger partial charge < -0.3 is 14.8 Å². The highest BCUT2D eigenvalue weighted by molar-refractivity contribution is 5.89. The lowest BCUT2D eigenvalue weighted by molar-refractivity contribution is -0.147. The van der Waals surface area contributed by atoms with Gasteiger partial charge in [-0.1, -0.05) is 19.3 Å². The number of rotatable bonds is 5. The van der Waals surface area contributed by atoms with Gasteiger partial charge in [0.2, 0.25) is 5.91 Å². The Hall–Kier alpha value is -1.79. The number of likely N-dealkylation sites (N-methyl/N-ethyl adjacent to an activating group) is 1. The van der Waals surface area contributed by atoms with Gasteiger partial charge in [0.25, 0.3) is 0 Å². The third-order valence-corrected chi connectivity index (χ3v) is 4.52. The van der Waals surface area contributed by atoms with Gasteiger partial charge in [-0.05, 0) is 46.5 Å². The number of carbonyl (C=O) groups excluding carboxylic acids is 3. The van der Waals surface area contributed by atoms with Crippen molar-refractivity contribution in [2.45, 2.75) is 77.5 Å². The molecule has 1 aliphatic rings. The van der Waals surface area contributed by atoms with E-state index >= 15 is 0 Å². The van der Waals surface area contributed by atoms with E-state index in [2.05, 4.69) is 5.32 Å². The van der Waals surface area contributed by atoms with E-state index < -0.39 is 35.7 Å². The van der Waals surface area contributed by atoms with Crippen LogP contribution in [0.25, 0.3) is 0 Å². The highest BCUT2D eigenvalue weighted by Crippen LogP contribution is 2.27. The lowest BCUT2D eigenvalue weighted by atomic mass is 9.83. The van der Waals surface area contributed by atoms with Crippen LogP contribution in [0.15, 0.2) is 0 Å². The molecule has 1 rings (SSSR count). The van der Waals surface area contributed by atoms with Gasteiger partial charge in [-0.15, -0.1) is 0 Å². The first-order chi connectivity index (χ1) is 11.6.